The molecule has 1 aliphatic heterocycles. The fourth-order valence-electron chi connectivity index (χ4n) is 2.04. The largest absolute Gasteiger partial charge is 0.478 e. The lowest BCUT2D eigenvalue weighted by molar-refractivity contribution is -0.133. The van der Waals surface area contributed by atoms with Crippen LogP contribution in [0.5, 0.6) is 0 Å². The number of carboxylic acid groups (broad SMARTS) is 1. The van der Waals surface area contributed by atoms with Gasteiger partial charge < -0.3 is 15.2 Å². The molecule has 0 aliphatic carbocycles. The predicted molar refractivity (Wildman–Crippen MR) is 65.5 cm³/mol. The highest BCUT2D eigenvalue weighted by atomic mass is 19.2. The molecule has 1 saturated heterocycles. The summed E-state index contributed by atoms with van der Waals surface area (Å²) in [5.41, 5.74) is -1.89. The number of hydrogen-bond donors (Lipinski definition) is 2. The zero-order valence-electron chi connectivity index (χ0n) is 10.7. The Labute approximate surface area is 113 Å². The van der Waals surface area contributed by atoms with Crippen molar-refractivity contribution in [1.82, 2.24) is 0 Å². The van der Waals surface area contributed by atoms with Gasteiger partial charge in [0.15, 0.2) is 11.6 Å². The van der Waals surface area contributed by atoms with E-state index in [0.717, 1.165) is 0 Å². The number of hydrogen-bond acceptors (Lipinski definition) is 3. The van der Waals surface area contributed by atoms with Crippen molar-refractivity contribution in [2.45, 2.75) is 25.4 Å². The lowest BCUT2D eigenvalue weighted by atomic mass is 10.0. The first-order valence-corrected chi connectivity index (χ1v) is 6.01. The summed E-state index contributed by atoms with van der Waals surface area (Å²) < 4.78 is 31.6. The molecule has 108 valence electrons. The third-order valence-corrected chi connectivity index (χ3v) is 3.24. The maximum absolute atomic E-state index is 13.2. The van der Waals surface area contributed by atoms with Gasteiger partial charge in [-0.15, -0.1) is 0 Å². The first-order chi connectivity index (χ1) is 9.33. The molecule has 20 heavy (non-hydrogen) atoms. The van der Waals surface area contributed by atoms with Crippen LogP contribution in [-0.2, 0) is 9.53 Å². The third-order valence-electron chi connectivity index (χ3n) is 3.24. The highest BCUT2D eigenvalue weighted by molar-refractivity contribution is 6.03. The van der Waals surface area contributed by atoms with E-state index in [1.807, 2.05) is 0 Å². The van der Waals surface area contributed by atoms with Crippen molar-refractivity contribution in [3.63, 3.8) is 0 Å². The van der Waals surface area contributed by atoms with Crippen LogP contribution in [0.25, 0.3) is 0 Å². The Morgan fingerprint density at radius 2 is 2.00 bits per heavy atom. The molecule has 1 unspecified atom stereocenters. The van der Waals surface area contributed by atoms with Gasteiger partial charge in [-0.3, -0.25) is 4.79 Å². The van der Waals surface area contributed by atoms with E-state index in [0.29, 0.717) is 31.6 Å². The number of aromatic carboxylic acids is 1. The fourth-order valence-corrected chi connectivity index (χ4v) is 2.04. The minimum Gasteiger partial charge on any atom is -0.478 e. The summed E-state index contributed by atoms with van der Waals surface area (Å²) in [6.45, 7) is 1.99. The van der Waals surface area contributed by atoms with Crippen LogP contribution in [-0.4, -0.2) is 29.2 Å². The van der Waals surface area contributed by atoms with E-state index >= 15 is 0 Å². The number of ether oxygens (including phenoxy) is 1. The quantitative estimate of drug-likeness (QED) is 0.892. The molecule has 0 saturated carbocycles. The lowest BCUT2D eigenvalue weighted by Crippen LogP contribution is -2.39. The Morgan fingerprint density at radius 3 is 2.55 bits per heavy atom. The summed E-state index contributed by atoms with van der Waals surface area (Å²) in [5.74, 6) is -4.56. The Morgan fingerprint density at radius 1 is 1.35 bits per heavy atom. The molecule has 0 aromatic heterocycles. The van der Waals surface area contributed by atoms with Crippen LogP contribution in [0.15, 0.2) is 12.1 Å². The van der Waals surface area contributed by atoms with Gasteiger partial charge >= 0.3 is 5.97 Å². The number of benzene rings is 1. The highest BCUT2D eigenvalue weighted by Gasteiger charge is 2.38. The van der Waals surface area contributed by atoms with E-state index in [4.69, 9.17) is 9.84 Å². The summed E-state index contributed by atoms with van der Waals surface area (Å²) in [7, 11) is 0. The monoisotopic (exact) mass is 285 g/mol. The van der Waals surface area contributed by atoms with Crippen molar-refractivity contribution in [2.24, 2.45) is 0 Å². The first kappa shape index (κ1) is 14.4. The van der Waals surface area contributed by atoms with Gasteiger partial charge in [0.1, 0.15) is 5.60 Å². The van der Waals surface area contributed by atoms with Gasteiger partial charge in [0, 0.05) is 12.7 Å². The fraction of sp³-hybridized carbons (Fsp3) is 0.385. The Balaban J connectivity index is 2.31. The van der Waals surface area contributed by atoms with Crippen LogP contribution < -0.4 is 5.32 Å². The smallest absolute Gasteiger partial charge is 0.337 e. The molecular formula is C13H13F2NO4. The molecule has 0 bridgehead atoms. The molecule has 1 aromatic rings. The molecule has 1 aromatic carbocycles. The van der Waals surface area contributed by atoms with Crippen molar-refractivity contribution >= 4 is 17.6 Å². The minimum atomic E-state index is -1.46. The average Bonchev–Trinajstić information content (AvgIpc) is 2.81. The van der Waals surface area contributed by atoms with Crippen LogP contribution in [0.4, 0.5) is 14.5 Å². The van der Waals surface area contributed by atoms with Crippen LogP contribution in [0.2, 0.25) is 0 Å². The molecule has 1 fully saturated rings. The van der Waals surface area contributed by atoms with E-state index in [1.165, 1.54) is 0 Å². The van der Waals surface area contributed by atoms with E-state index < -0.39 is 34.7 Å². The van der Waals surface area contributed by atoms with Gasteiger partial charge in [0.05, 0.1) is 11.3 Å². The maximum Gasteiger partial charge on any atom is 0.337 e. The number of carbonyl (C=O) groups excluding carboxylic acids is 1. The van der Waals surface area contributed by atoms with Gasteiger partial charge in [-0.05, 0) is 25.8 Å². The Bertz CT molecular complexity index is 568. The molecule has 5 nitrogen and oxygen atoms in total. The van der Waals surface area contributed by atoms with E-state index in [-0.39, 0.29) is 5.69 Å². The second-order valence-electron chi connectivity index (χ2n) is 4.75. The Hall–Kier alpha value is -2.02. The predicted octanol–water partition coefficient (Wildman–Crippen LogP) is 2.17. The molecule has 0 radical (unpaired) electrons. The van der Waals surface area contributed by atoms with Crippen LogP contribution in [0.3, 0.4) is 0 Å². The molecule has 1 aliphatic rings. The first-order valence-electron chi connectivity index (χ1n) is 6.01. The molecule has 1 amide bonds. The molecule has 2 N–H and O–H groups in total. The number of anilines is 1. The summed E-state index contributed by atoms with van der Waals surface area (Å²) in [6, 6.07) is 1.18. The number of halogens is 2. The second kappa shape index (κ2) is 5.16. The summed E-state index contributed by atoms with van der Waals surface area (Å²) in [6.07, 6.45) is 1.18. The number of carboxylic acids is 1. The zero-order chi connectivity index (χ0) is 14.9. The number of amides is 1. The number of carbonyl (C=O) groups is 2. The SMILES string of the molecule is CC1(C(=O)Nc2cc(F)c(F)cc2C(=O)O)CCCO1. The maximum atomic E-state index is 13.2. The van der Waals surface area contributed by atoms with E-state index in [9.17, 15) is 18.4 Å². The van der Waals surface area contributed by atoms with Crippen LogP contribution in [0.1, 0.15) is 30.1 Å². The summed E-state index contributed by atoms with van der Waals surface area (Å²) >= 11 is 0. The summed E-state index contributed by atoms with van der Waals surface area (Å²) in [4.78, 5) is 23.1. The average molecular weight is 285 g/mol. The van der Waals surface area contributed by atoms with Crippen molar-refractivity contribution in [2.75, 3.05) is 11.9 Å². The zero-order valence-corrected chi connectivity index (χ0v) is 10.7. The molecule has 1 heterocycles. The van der Waals surface area contributed by atoms with Gasteiger partial charge in [0.25, 0.3) is 5.91 Å². The normalized spacial score (nSPS) is 21.8. The van der Waals surface area contributed by atoms with Crippen LogP contribution >= 0.6 is 0 Å². The molecule has 0 spiro atoms. The van der Waals surface area contributed by atoms with Gasteiger partial charge in [0.2, 0.25) is 0 Å². The highest BCUT2D eigenvalue weighted by Crippen LogP contribution is 2.28. The lowest BCUT2D eigenvalue weighted by Gasteiger charge is -2.22. The van der Waals surface area contributed by atoms with Gasteiger partial charge in [-0.1, -0.05) is 0 Å². The number of nitrogens with one attached hydrogen (secondary N) is 1. The van der Waals surface area contributed by atoms with Gasteiger partial charge in [-0.25, -0.2) is 13.6 Å². The van der Waals surface area contributed by atoms with E-state index in [1.54, 1.807) is 6.92 Å². The number of rotatable bonds is 3. The minimum absolute atomic E-state index is 0.293. The third kappa shape index (κ3) is 2.62. The molecular weight excluding hydrogens is 272 g/mol. The Kier molecular flexibility index (Phi) is 3.71. The standard InChI is InChI=1S/C13H13F2NO4/c1-13(3-2-4-20-13)12(19)16-10-6-9(15)8(14)5-7(10)11(17)18/h5-6H,2-4H2,1H3,(H,16,19)(H,17,18). The van der Waals surface area contributed by atoms with E-state index in [2.05, 4.69) is 5.32 Å². The van der Waals surface area contributed by atoms with Crippen molar-refractivity contribution in [3.05, 3.63) is 29.3 Å². The second-order valence-corrected chi connectivity index (χ2v) is 4.75. The van der Waals surface area contributed by atoms with Crippen molar-refractivity contribution in [1.29, 1.82) is 0 Å². The van der Waals surface area contributed by atoms with Crippen molar-refractivity contribution < 1.29 is 28.2 Å². The van der Waals surface area contributed by atoms with Crippen molar-refractivity contribution in [3.8, 4) is 0 Å². The molecule has 7 heteroatoms. The molecule has 2 rings (SSSR count). The topological polar surface area (TPSA) is 75.6 Å². The van der Waals surface area contributed by atoms with Crippen LogP contribution in [0, 0.1) is 11.6 Å². The summed E-state index contributed by atoms with van der Waals surface area (Å²) in [5, 5.41) is 11.2. The molecule has 1 atom stereocenters. The van der Waals surface area contributed by atoms with Gasteiger partial charge in [-0.2, -0.15) is 0 Å².